The van der Waals surface area contributed by atoms with E-state index in [2.05, 4.69) is 10.6 Å². The third-order valence-corrected chi connectivity index (χ3v) is 2.87. The lowest BCUT2D eigenvalue weighted by atomic mass is 10.0. The monoisotopic (exact) mass is 300 g/mol. The fraction of sp³-hybridized carbons (Fsp3) is 0.786. The third kappa shape index (κ3) is 5.61. The van der Waals surface area contributed by atoms with Crippen LogP contribution in [-0.4, -0.2) is 42.3 Å². The number of hydrogen-bond acceptors (Lipinski definition) is 5. The van der Waals surface area contributed by atoms with Crippen molar-refractivity contribution in [2.45, 2.75) is 58.7 Å². The topological polar surface area (TPSA) is 93.7 Å². The molecule has 0 aromatic heterocycles. The molecule has 0 bridgehead atoms. The van der Waals surface area contributed by atoms with Crippen LogP contribution in [-0.2, 0) is 19.1 Å². The van der Waals surface area contributed by atoms with Crippen LogP contribution in [0, 0.1) is 5.92 Å². The molecule has 0 spiro atoms. The lowest BCUT2D eigenvalue weighted by Crippen LogP contribution is -2.53. The van der Waals surface area contributed by atoms with Crippen molar-refractivity contribution in [3.63, 3.8) is 0 Å². The number of carbonyl (C=O) groups is 3. The van der Waals surface area contributed by atoms with Crippen LogP contribution in [0.3, 0.4) is 0 Å². The molecule has 21 heavy (non-hydrogen) atoms. The minimum absolute atomic E-state index is 0.144. The van der Waals surface area contributed by atoms with E-state index >= 15 is 0 Å². The van der Waals surface area contributed by atoms with Crippen molar-refractivity contribution in [3.8, 4) is 0 Å². The maximum Gasteiger partial charge on any atom is 0.408 e. The van der Waals surface area contributed by atoms with Gasteiger partial charge in [-0.1, -0.05) is 13.8 Å². The van der Waals surface area contributed by atoms with Gasteiger partial charge in [0.1, 0.15) is 17.7 Å². The van der Waals surface area contributed by atoms with Crippen LogP contribution in [0.5, 0.6) is 0 Å². The van der Waals surface area contributed by atoms with Gasteiger partial charge in [0.2, 0.25) is 5.91 Å². The number of rotatable bonds is 4. The highest BCUT2D eigenvalue weighted by Gasteiger charge is 2.33. The summed E-state index contributed by atoms with van der Waals surface area (Å²) in [5.41, 5.74) is -0.642. The second-order valence-electron chi connectivity index (χ2n) is 6.39. The molecule has 0 aliphatic carbocycles. The highest BCUT2D eigenvalue weighted by atomic mass is 16.6. The predicted octanol–water partition coefficient (Wildman–Crippen LogP) is 0.967. The number of ether oxygens (including phenoxy) is 2. The smallest absolute Gasteiger partial charge is 0.408 e. The summed E-state index contributed by atoms with van der Waals surface area (Å²) in [4.78, 5) is 35.3. The molecule has 1 rings (SSSR count). The molecule has 0 aromatic rings. The molecule has 0 aromatic carbocycles. The van der Waals surface area contributed by atoms with Crippen LogP contribution in [0.25, 0.3) is 0 Å². The Balaban J connectivity index is 2.62. The van der Waals surface area contributed by atoms with Crippen molar-refractivity contribution in [2.75, 3.05) is 6.61 Å². The minimum Gasteiger partial charge on any atom is -0.464 e. The molecular formula is C14H24N2O5. The average molecular weight is 300 g/mol. The SMILES string of the molecule is CC(C)C(NC(=O)OC(C)(C)C)C(=O)NC1CCOC1=O. The maximum absolute atomic E-state index is 12.2. The molecule has 2 amide bonds. The Hall–Kier alpha value is -1.79. The second-order valence-corrected chi connectivity index (χ2v) is 6.39. The Labute approximate surface area is 124 Å². The van der Waals surface area contributed by atoms with Gasteiger partial charge < -0.3 is 20.1 Å². The van der Waals surface area contributed by atoms with E-state index in [1.165, 1.54) is 0 Å². The van der Waals surface area contributed by atoms with Gasteiger partial charge in [0.25, 0.3) is 0 Å². The molecule has 1 aliphatic heterocycles. The lowest BCUT2D eigenvalue weighted by Gasteiger charge is -2.25. The van der Waals surface area contributed by atoms with Crippen LogP contribution in [0.1, 0.15) is 41.0 Å². The van der Waals surface area contributed by atoms with E-state index in [9.17, 15) is 14.4 Å². The molecule has 1 saturated heterocycles. The van der Waals surface area contributed by atoms with E-state index in [0.29, 0.717) is 13.0 Å². The Morgan fingerprint density at radius 2 is 1.95 bits per heavy atom. The molecular weight excluding hydrogens is 276 g/mol. The maximum atomic E-state index is 12.2. The number of amides is 2. The predicted molar refractivity (Wildman–Crippen MR) is 75.5 cm³/mol. The first-order chi connectivity index (χ1) is 9.60. The summed E-state index contributed by atoms with van der Waals surface area (Å²) >= 11 is 0. The number of esters is 1. The van der Waals surface area contributed by atoms with Crippen molar-refractivity contribution in [1.29, 1.82) is 0 Å². The Morgan fingerprint density at radius 1 is 1.33 bits per heavy atom. The fourth-order valence-corrected chi connectivity index (χ4v) is 1.86. The van der Waals surface area contributed by atoms with E-state index in [0.717, 1.165) is 0 Å². The van der Waals surface area contributed by atoms with Gasteiger partial charge in [-0.05, 0) is 26.7 Å². The zero-order chi connectivity index (χ0) is 16.2. The molecule has 7 heteroatoms. The number of alkyl carbamates (subject to hydrolysis) is 1. The van der Waals surface area contributed by atoms with Gasteiger partial charge in [-0.3, -0.25) is 4.79 Å². The zero-order valence-electron chi connectivity index (χ0n) is 13.2. The van der Waals surface area contributed by atoms with Crippen LogP contribution in [0.2, 0.25) is 0 Å². The summed E-state index contributed by atoms with van der Waals surface area (Å²) in [6, 6.07) is -1.41. The summed E-state index contributed by atoms with van der Waals surface area (Å²) in [6.45, 7) is 9.13. The average Bonchev–Trinajstić information content (AvgIpc) is 2.69. The molecule has 2 atom stereocenters. The van der Waals surface area contributed by atoms with Gasteiger partial charge in [-0.2, -0.15) is 0 Å². The number of nitrogens with one attached hydrogen (secondary N) is 2. The van der Waals surface area contributed by atoms with Gasteiger partial charge in [0.05, 0.1) is 6.61 Å². The van der Waals surface area contributed by atoms with Crippen molar-refractivity contribution in [3.05, 3.63) is 0 Å². The highest BCUT2D eigenvalue weighted by molar-refractivity contribution is 5.90. The molecule has 7 nitrogen and oxygen atoms in total. The van der Waals surface area contributed by atoms with Crippen molar-refractivity contribution in [2.24, 2.45) is 5.92 Å². The first kappa shape index (κ1) is 17.3. The second kappa shape index (κ2) is 6.78. The lowest BCUT2D eigenvalue weighted by molar-refractivity contribution is -0.141. The summed E-state index contributed by atoms with van der Waals surface area (Å²) in [7, 11) is 0. The van der Waals surface area contributed by atoms with Gasteiger partial charge in [0, 0.05) is 6.42 Å². The fourth-order valence-electron chi connectivity index (χ4n) is 1.86. The highest BCUT2D eigenvalue weighted by Crippen LogP contribution is 2.10. The van der Waals surface area contributed by atoms with Gasteiger partial charge in [-0.25, -0.2) is 9.59 Å². The van der Waals surface area contributed by atoms with E-state index in [1.807, 2.05) is 0 Å². The first-order valence-electron chi connectivity index (χ1n) is 7.06. The Morgan fingerprint density at radius 3 is 2.38 bits per heavy atom. The quantitative estimate of drug-likeness (QED) is 0.754. The number of cyclic esters (lactones) is 1. The molecule has 1 fully saturated rings. The molecule has 1 aliphatic rings. The van der Waals surface area contributed by atoms with E-state index in [4.69, 9.17) is 9.47 Å². The molecule has 0 radical (unpaired) electrons. The van der Waals surface area contributed by atoms with Crippen LogP contribution in [0.15, 0.2) is 0 Å². The molecule has 120 valence electrons. The summed E-state index contributed by atoms with van der Waals surface area (Å²) < 4.78 is 9.93. The molecule has 1 heterocycles. The summed E-state index contributed by atoms with van der Waals surface area (Å²) in [5.74, 6) is -1.00. The Bertz CT molecular complexity index is 414. The van der Waals surface area contributed by atoms with Crippen LogP contribution in [0.4, 0.5) is 4.79 Å². The van der Waals surface area contributed by atoms with E-state index < -0.39 is 35.7 Å². The van der Waals surface area contributed by atoms with Crippen LogP contribution >= 0.6 is 0 Å². The van der Waals surface area contributed by atoms with Gasteiger partial charge in [-0.15, -0.1) is 0 Å². The Kier molecular flexibility index (Phi) is 5.57. The first-order valence-corrected chi connectivity index (χ1v) is 7.06. The van der Waals surface area contributed by atoms with Gasteiger partial charge >= 0.3 is 12.1 Å². The van der Waals surface area contributed by atoms with Crippen molar-refractivity contribution in [1.82, 2.24) is 10.6 Å². The normalized spacial score (nSPS) is 19.9. The van der Waals surface area contributed by atoms with Crippen molar-refractivity contribution < 1.29 is 23.9 Å². The zero-order valence-corrected chi connectivity index (χ0v) is 13.2. The molecule has 2 N–H and O–H groups in total. The standard InChI is InChI=1S/C14H24N2O5/c1-8(2)10(16-13(19)21-14(3,4)5)11(17)15-9-6-7-20-12(9)18/h8-10H,6-7H2,1-5H3,(H,15,17)(H,16,19). The van der Waals surface area contributed by atoms with Crippen LogP contribution < -0.4 is 10.6 Å². The minimum atomic E-state index is -0.770. The largest absolute Gasteiger partial charge is 0.464 e. The summed E-state index contributed by atoms with van der Waals surface area (Å²) in [6.07, 6.45) is -0.215. The van der Waals surface area contributed by atoms with E-state index in [1.54, 1.807) is 34.6 Å². The number of carbonyl (C=O) groups excluding carboxylic acids is 3. The molecule has 2 unspecified atom stereocenters. The van der Waals surface area contributed by atoms with Gasteiger partial charge in [0.15, 0.2) is 0 Å². The molecule has 0 saturated carbocycles. The third-order valence-electron chi connectivity index (χ3n) is 2.87. The van der Waals surface area contributed by atoms with Crippen molar-refractivity contribution >= 4 is 18.0 Å². The van der Waals surface area contributed by atoms with E-state index in [-0.39, 0.29) is 5.92 Å². The number of hydrogen-bond donors (Lipinski definition) is 2. The summed E-state index contributed by atoms with van der Waals surface area (Å²) in [5, 5.41) is 5.13.